The number of aliphatic imine (C=N–C) groups is 2. The molecule has 0 unspecified atom stereocenters. The quantitative estimate of drug-likeness (QED) is 0.0120. The first-order valence-electron chi connectivity index (χ1n) is 29.4. The van der Waals surface area contributed by atoms with Gasteiger partial charge in [-0.1, -0.05) is 13.8 Å². The van der Waals surface area contributed by atoms with Crippen molar-refractivity contribution in [2.75, 3.05) is 158 Å². The topological polar surface area (TPSA) is 497 Å². The minimum absolute atomic E-state index is 0.103. The zero-order chi connectivity index (χ0) is 65.8. The summed E-state index contributed by atoms with van der Waals surface area (Å²) >= 11 is 0. The van der Waals surface area contributed by atoms with Crippen LogP contribution in [0.3, 0.4) is 0 Å². The SMILES string of the molecule is CCCOCCOCCOCCOCCC(=O)N(CCOCCOCCOCCCC(=O)O[C@@H]([C@@H]1OC(C(=O)O)=C[C@H](N=C(N)N)[C@H]1C)[C@H](O)CO)CCOCCOCCOCCCC(=O)O[C@@H]([C@@H]1OC(C(=O)O)=C[C@H](N=C(N)N)[C@H]1NC(C)=O)[C@H](O)CO. The Bertz CT molecular complexity index is 2160. The number of aliphatic carboxylic acids is 2. The van der Waals surface area contributed by atoms with Gasteiger partial charge in [0.25, 0.3) is 0 Å². The summed E-state index contributed by atoms with van der Waals surface area (Å²) < 4.78 is 77.8. The fraction of sp³-hybridized carbons (Fsp3) is 0.782. The van der Waals surface area contributed by atoms with Gasteiger partial charge in [-0.25, -0.2) is 19.6 Å². The molecule has 0 radical (unpaired) electrons. The number of rotatable bonds is 53. The van der Waals surface area contributed by atoms with E-state index in [9.17, 15) is 59.4 Å². The van der Waals surface area contributed by atoms with Crippen molar-refractivity contribution >= 4 is 47.6 Å². The van der Waals surface area contributed by atoms with Gasteiger partial charge in [0.15, 0.2) is 30.2 Å². The number of guanidine groups is 2. The number of hydrogen-bond acceptors (Lipinski definition) is 26. The lowest BCUT2D eigenvalue weighted by molar-refractivity contribution is -0.176. The average molecular weight is 1290 g/mol. The maximum atomic E-state index is 13.3. The monoisotopic (exact) mass is 1280 g/mol. The van der Waals surface area contributed by atoms with Crippen molar-refractivity contribution in [1.82, 2.24) is 10.2 Å². The number of carboxylic acid groups (broad SMARTS) is 2. The Morgan fingerprint density at radius 1 is 0.539 bits per heavy atom. The molecule has 2 rings (SSSR count). The Labute approximate surface area is 517 Å². The Kier molecular flexibility index (Phi) is 42.4. The second kappa shape index (κ2) is 47.8. The van der Waals surface area contributed by atoms with Crippen LogP contribution in [0.1, 0.15) is 59.3 Å². The minimum atomic E-state index is -1.76. The van der Waals surface area contributed by atoms with E-state index in [2.05, 4.69) is 15.3 Å². The summed E-state index contributed by atoms with van der Waals surface area (Å²) in [4.78, 5) is 84.3. The molecule has 2 aliphatic rings. The first kappa shape index (κ1) is 79.0. The summed E-state index contributed by atoms with van der Waals surface area (Å²) in [5.41, 5.74) is 22.1. The number of carbonyl (C=O) groups excluding carboxylic acids is 4. The lowest BCUT2D eigenvalue weighted by atomic mass is 9.87. The molecule has 0 aliphatic carbocycles. The van der Waals surface area contributed by atoms with Crippen molar-refractivity contribution in [3.8, 4) is 0 Å². The number of aliphatic hydroxyl groups excluding tert-OH is 4. The molecule has 0 aromatic carbocycles. The van der Waals surface area contributed by atoms with Crippen LogP contribution in [0.2, 0.25) is 0 Å². The number of hydrogen-bond donors (Lipinski definition) is 11. The van der Waals surface area contributed by atoms with Crippen molar-refractivity contribution in [2.45, 2.75) is 114 Å². The molecule has 2 aliphatic heterocycles. The summed E-state index contributed by atoms with van der Waals surface area (Å²) in [5.74, 6) is -7.92. The highest BCUT2D eigenvalue weighted by atomic mass is 16.6. The van der Waals surface area contributed by atoms with Gasteiger partial charge in [0, 0.05) is 58.6 Å². The number of aliphatic hydroxyl groups is 4. The van der Waals surface area contributed by atoms with Gasteiger partial charge in [0.2, 0.25) is 23.3 Å². The molecule has 2 heterocycles. The predicted molar refractivity (Wildman–Crippen MR) is 311 cm³/mol. The first-order chi connectivity index (χ1) is 42.7. The van der Waals surface area contributed by atoms with E-state index in [1.807, 2.05) is 6.92 Å². The molecule has 0 saturated carbocycles. The van der Waals surface area contributed by atoms with E-state index in [1.165, 1.54) is 6.08 Å². The summed E-state index contributed by atoms with van der Waals surface area (Å²) in [7, 11) is 0. The molecular formula is C55H96N8O26. The van der Waals surface area contributed by atoms with Gasteiger partial charge in [-0.3, -0.25) is 19.2 Å². The summed E-state index contributed by atoms with van der Waals surface area (Å²) in [6, 6.07) is -3.30. The molecule has 2 amide bonds. The smallest absolute Gasteiger partial charge is 0.370 e. The van der Waals surface area contributed by atoms with E-state index in [1.54, 1.807) is 11.8 Å². The molecule has 34 nitrogen and oxygen atoms in total. The van der Waals surface area contributed by atoms with Gasteiger partial charge >= 0.3 is 23.9 Å². The van der Waals surface area contributed by atoms with Gasteiger partial charge in [-0.2, -0.15) is 0 Å². The standard InChI is InChI=1S/C55H96N8O26/c1-4-12-76-18-24-82-30-31-85-27-21-79-15-9-44(69)63(10-16-80-22-28-83-25-19-77-13-5-7-45(70)88-49(40(67)34-64)48-36(2)38(61-54(56)57)32-42(86-48)52(72)73)11-17-81-23-29-84-26-20-78-14-6-8-46(71)89-50(41(68)35-65)51-47(60-37(3)66)39(62-55(58)59)33-43(87-51)53(74)75/h32-33,36,38-41,47-51,64-65,67-68H,4-31,34-35H2,1-3H3,(H,60,66)(H,72,73)(H,74,75)(H4,56,57,61)(H4,58,59,62)/t36-,38+,39+,40-,41-,47-,48-,49-,50-,51-/m1/s1. The van der Waals surface area contributed by atoms with Crippen LogP contribution in [-0.2, 0) is 95.1 Å². The fourth-order valence-corrected chi connectivity index (χ4v) is 8.42. The number of carboxylic acids is 2. The molecule has 0 spiro atoms. The van der Waals surface area contributed by atoms with E-state index < -0.39 is 121 Å². The Hall–Kier alpha value is -6.12. The third-order valence-electron chi connectivity index (χ3n) is 12.8. The first-order valence-corrected chi connectivity index (χ1v) is 29.4. The third kappa shape index (κ3) is 34.6. The molecular weight excluding hydrogens is 1190 g/mol. The number of esters is 2. The summed E-state index contributed by atoms with van der Waals surface area (Å²) in [6.07, 6.45) is -5.90. The number of ether oxygens (including phenoxy) is 14. The Morgan fingerprint density at radius 2 is 0.899 bits per heavy atom. The van der Waals surface area contributed by atoms with Crippen molar-refractivity contribution in [3.63, 3.8) is 0 Å². The van der Waals surface area contributed by atoms with Gasteiger partial charge < -0.3 is 130 Å². The van der Waals surface area contributed by atoms with Crippen molar-refractivity contribution in [1.29, 1.82) is 0 Å². The van der Waals surface area contributed by atoms with Crippen LogP contribution >= 0.6 is 0 Å². The zero-order valence-corrected chi connectivity index (χ0v) is 51.1. The molecule has 15 N–H and O–H groups in total. The predicted octanol–water partition coefficient (Wildman–Crippen LogP) is -3.97. The second-order valence-electron chi connectivity index (χ2n) is 19.9. The molecule has 10 atom stereocenters. The zero-order valence-electron chi connectivity index (χ0n) is 51.1. The van der Waals surface area contributed by atoms with Crippen LogP contribution in [0, 0.1) is 5.92 Å². The normalized spacial score (nSPS) is 19.4. The van der Waals surface area contributed by atoms with E-state index >= 15 is 0 Å². The van der Waals surface area contributed by atoms with Crippen LogP contribution in [-0.4, -0.2) is 296 Å². The number of amides is 2. The molecule has 512 valence electrons. The lowest BCUT2D eigenvalue weighted by Crippen LogP contribution is -2.60. The molecule has 0 bridgehead atoms. The van der Waals surface area contributed by atoms with Crippen molar-refractivity contribution < 1.29 is 126 Å². The maximum absolute atomic E-state index is 13.3. The molecule has 0 aromatic heterocycles. The summed E-state index contributed by atoms with van der Waals surface area (Å²) in [6.45, 7) is 9.13. The van der Waals surface area contributed by atoms with Crippen LogP contribution in [0.15, 0.2) is 33.7 Å². The maximum Gasteiger partial charge on any atom is 0.370 e. The van der Waals surface area contributed by atoms with Crippen LogP contribution in [0.5, 0.6) is 0 Å². The number of carbonyl (C=O) groups is 6. The average Bonchev–Trinajstić information content (AvgIpc) is 1.43. The van der Waals surface area contributed by atoms with Gasteiger partial charge in [-0.15, -0.1) is 0 Å². The van der Waals surface area contributed by atoms with Gasteiger partial charge in [0.05, 0.1) is 150 Å². The number of nitrogens with two attached hydrogens (primary N) is 4. The van der Waals surface area contributed by atoms with Crippen LogP contribution < -0.4 is 28.3 Å². The number of nitrogens with one attached hydrogen (secondary N) is 1. The number of nitrogens with zero attached hydrogens (tertiary/aromatic N) is 3. The van der Waals surface area contributed by atoms with Gasteiger partial charge in [-0.05, 0) is 31.4 Å². The van der Waals surface area contributed by atoms with E-state index in [0.29, 0.717) is 39.6 Å². The van der Waals surface area contributed by atoms with E-state index in [4.69, 9.17) is 89.3 Å². The highest BCUT2D eigenvalue weighted by Crippen LogP contribution is 2.31. The second-order valence-corrected chi connectivity index (χ2v) is 19.9. The lowest BCUT2D eigenvalue weighted by Gasteiger charge is -2.39. The minimum Gasteiger partial charge on any atom is -0.479 e. The van der Waals surface area contributed by atoms with Crippen molar-refractivity contribution in [2.24, 2.45) is 38.8 Å². The molecule has 34 heteroatoms. The van der Waals surface area contributed by atoms with E-state index in [-0.39, 0.29) is 150 Å². The fourth-order valence-electron chi connectivity index (χ4n) is 8.42. The van der Waals surface area contributed by atoms with Gasteiger partial charge in [0.1, 0.15) is 18.3 Å². The molecule has 89 heavy (non-hydrogen) atoms. The summed E-state index contributed by atoms with van der Waals surface area (Å²) in [5, 5.41) is 62.4. The molecule has 0 fully saturated rings. The third-order valence-corrected chi connectivity index (χ3v) is 12.8. The van der Waals surface area contributed by atoms with E-state index in [0.717, 1.165) is 19.4 Å². The molecule has 0 aromatic rings. The highest BCUT2D eigenvalue weighted by Gasteiger charge is 2.47. The van der Waals surface area contributed by atoms with Crippen LogP contribution in [0.4, 0.5) is 0 Å². The highest BCUT2D eigenvalue weighted by molar-refractivity contribution is 5.86. The Morgan fingerprint density at radius 3 is 1.29 bits per heavy atom. The largest absolute Gasteiger partial charge is 0.479 e. The van der Waals surface area contributed by atoms with Crippen molar-refractivity contribution in [3.05, 3.63) is 23.7 Å². The Balaban J connectivity index is 1.74. The molecule has 0 saturated heterocycles. The van der Waals surface area contributed by atoms with Crippen LogP contribution in [0.25, 0.3) is 0 Å².